The third-order valence-electron chi connectivity index (χ3n) is 3.41. The first-order valence-corrected chi connectivity index (χ1v) is 7.30. The molecule has 0 saturated carbocycles. The van der Waals surface area contributed by atoms with E-state index in [1.807, 2.05) is 6.07 Å². The Balaban J connectivity index is 1.96. The van der Waals surface area contributed by atoms with E-state index in [0.717, 1.165) is 5.56 Å². The van der Waals surface area contributed by atoms with Crippen LogP contribution in [-0.4, -0.2) is 26.0 Å². The Morgan fingerprint density at radius 2 is 1.92 bits per heavy atom. The summed E-state index contributed by atoms with van der Waals surface area (Å²) in [4.78, 5) is 23.2. The van der Waals surface area contributed by atoms with Gasteiger partial charge in [-0.15, -0.1) is 0 Å². The number of nitrogens with zero attached hydrogens (tertiary/aromatic N) is 1. The van der Waals surface area contributed by atoms with E-state index < -0.39 is 5.91 Å². The van der Waals surface area contributed by atoms with Crippen LogP contribution < -0.4 is 25.1 Å². The molecule has 24 heavy (non-hydrogen) atoms. The molecule has 2 aromatic rings. The smallest absolute Gasteiger partial charge is 0.286 e. The molecule has 7 nitrogen and oxygen atoms in total. The second-order valence-electron chi connectivity index (χ2n) is 5.10. The molecule has 7 heteroatoms. The van der Waals surface area contributed by atoms with Gasteiger partial charge in [-0.25, -0.2) is 0 Å². The number of aromatic nitrogens is 1. The van der Waals surface area contributed by atoms with Crippen molar-refractivity contribution in [3.05, 3.63) is 53.9 Å². The van der Waals surface area contributed by atoms with Crippen molar-refractivity contribution in [2.75, 3.05) is 14.2 Å². The Hall–Kier alpha value is -3.09. The van der Waals surface area contributed by atoms with Gasteiger partial charge in [-0.3, -0.25) is 9.59 Å². The van der Waals surface area contributed by atoms with Crippen molar-refractivity contribution in [2.45, 2.75) is 13.1 Å². The van der Waals surface area contributed by atoms with Gasteiger partial charge in [-0.1, -0.05) is 6.07 Å². The van der Waals surface area contributed by atoms with Gasteiger partial charge in [0.25, 0.3) is 11.8 Å². The first-order chi connectivity index (χ1) is 11.5. The lowest BCUT2D eigenvalue weighted by Crippen LogP contribution is -2.43. The number of hydrogen-bond acceptors (Lipinski definition) is 4. The molecule has 0 unspecified atom stereocenters. The highest BCUT2D eigenvalue weighted by atomic mass is 16.5. The summed E-state index contributed by atoms with van der Waals surface area (Å²) in [6.07, 6.45) is 3.24. The van der Waals surface area contributed by atoms with E-state index in [9.17, 15) is 9.59 Å². The predicted octanol–water partition coefficient (Wildman–Crippen LogP) is 0.407. The van der Waals surface area contributed by atoms with Crippen LogP contribution in [0.3, 0.4) is 0 Å². The third-order valence-corrected chi connectivity index (χ3v) is 3.41. The lowest BCUT2D eigenvalue weighted by molar-refractivity contribution is -0.684. The maximum atomic E-state index is 12.0. The molecule has 0 fully saturated rings. The van der Waals surface area contributed by atoms with Crippen LogP contribution in [0.4, 0.5) is 0 Å². The molecule has 0 spiro atoms. The summed E-state index contributed by atoms with van der Waals surface area (Å²) in [6.45, 7) is 0.448. The zero-order valence-electron chi connectivity index (χ0n) is 13.6. The Morgan fingerprint density at radius 1 is 1.17 bits per heavy atom. The van der Waals surface area contributed by atoms with Crippen LogP contribution in [0.25, 0.3) is 0 Å². The number of carbonyl (C=O) groups excluding carboxylic acids is 2. The summed E-state index contributed by atoms with van der Waals surface area (Å²) < 4.78 is 12.0. The molecular weight excluding hydrogens is 310 g/mol. The number of nitrogens with two attached hydrogens (primary N) is 1. The Morgan fingerprint density at radius 3 is 2.58 bits per heavy atom. The highest BCUT2D eigenvalue weighted by Crippen LogP contribution is 2.27. The van der Waals surface area contributed by atoms with E-state index in [1.165, 1.54) is 0 Å². The number of hydrogen-bond donors (Lipinski definition) is 2. The van der Waals surface area contributed by atoms with Crippen LogP contribution in [0.5, 0.6) is 11.5 Å². The van der Waals surface area contributed by atoms with Crippen molar-refractivity contribution in [2.24, 2.45) is 5.73 Å². The first kappa shape index (κ1) is 17.3. The fraction of sp³-hybridized carbons (Fsp3) is 0.235. The monoisotopic (exact) mass is 330 g/mol. The van der Waals surface area contributed by atoms with Gasteiger partial charge in [0.15, 0.2) is 23.9 Å². The maximum absolute atomic E-state index is 12.0. The molecule has 1 heterocycles. The van der Waals surface area contributed by atoms with Gasteiger partial charge >= 0.3 is 0 Å². The van der Waals surface area contributed by atoms with E-state index in [0.29, 0.717) is 23.6 Å². The normalized spacial score (nSPS) is 10.1. The first-order valence-electron chi connectivity index (χ1n) is 7.30. The lowest BCUT2D eigenvalue weighted by atomic mass is 10.2. The fourth-order valence-electron chi connectivity index (χ4n) is 2.18. The quantitative estimate of drug-likeness (QED) is 0.719. The minimum atomic E-state index is -0.532. The number of nitrogens with one attached hydrogen (secondary N) is 1. The molecule has 0 bridgehead atoms. The average molecular weight is 330 g/mol. The molecule has 126 valence electrons. The topological polar surface area (TPSA) is 94.5 Å². The minimum Gasteiger partial charge on any atom is -0.493 e. The van der Waals surface area contributed by atoms with Crippen molar-refractivity contribution in [3.8, 4) is 11.5 Å². The second-order valence-corrected chi connectivity index (χ2v) is 5.10. The van der Waals surface area contributed by atoms with Gasteiger partial charge in [-0.2, -0.15) is 4.57 Å². The van der Waals surface area contributed by atoms with E-state index in [2.05, 4.69) is 5.32 Å². The minimum absolute atomic E-state index is 0.0917. The van der Waals surface area contributed by atoms with Gasteiger partial charge in [-0.05, 0) is 23.8 Å². The molecule has 0 radical (unpaired) electrons. The SMILES string of the molecule is COc1ccc(CNC(=O)C[n+]2cccc(C(N)=O)c2)cc1OC. The summed E-state index contributed by atoms with van der Waals surface area (Å²) in [6, 6.07) is 8.70. The Labute approximate surface area is 140 Å². The second kappa shape index (κ2) is 7.96. The standard InChI is InChI=1S/C17H19N3O4/c1-23-14-6-5-12(8-15(14)24-2)9-19-16(21)11-20-7-3-4-13(10-20)17(18)22/h3-8,10H,9,11H2,1-2H3,(H2-,18,19,21,22)/p+1. The highest BCUT2D eigenvalue weighted by molar-refractivity contribution is 5.92. The number of ether oxygens (including phenoxy) is 2. The summed E-state index contributed by atoms with van der Waals surface area (Å²) in [5.74, 6) is 0.519. The Bertz CT molecular complexity index is 746. The molecular formula is C17H20N3O4+. The van der Waals surface area contributed by atoms with Crippen molar-refractivity contribution in [1.82, 2.24) is 5.32 Å². The van der Waals surface area contributed by atoms with Gasteiger partial charge < -0.3 is 20.5 Å². The third kappa shape index (κ3) is 4.45. The van der Waals surface area contributed by atoms with Crippen LogP contribution in [0.1, 0.15) is 15.9 Å². The number of primary amides is 1. The van der Waals surface area contributed by atoms with Crippen LogP contribution in [0, 0.1) is 0 Å². The molecule has 2 amide bonds. The number of carbonyl (C=O) groups is 2. The number of rotatable bonds is 7. The number of benzene rings is 1. The van der Waals surface area contributed by atoms with E-state index >= 15 is 0 Å². The molecule has 0 saturated heterocycles. The van der Waals surface area contributed by atoms with Crippen molar-refractivity contribution in [1.29, 1.82) is 0 Å². The van der Waals surface area contributed by atoms with Crippen molar-refractivity contribution >= 4 is 11.8 Å². The van der Waals surface area contributed by atoms with Crippen LogP contribution >= 0.6 is 0 Å². The van der Waals surface area contributed by atoms with E-state index in [1.54, 1.807) is 55.4 Å². The summed E-state index contributed by atoms with van der Waals surface area (Å²) in [5.41, 5.74) is 6.46. The van der Waals surface area contributed by atoms with Gasteiger partial charge in [0.05, 0.1) is 14.2 Å². The van der Waals surface area contributed by atoms with Crippen LogP contribution in [-0.2, 0) is 17.9 Å². The van der Waals surface area contributed by atoms with Gasteiger partial charge in [0.1, 0.15) is 5.56 Å². The molecule has 0 aliphatic carbocycles. The molecule has 0 aliphatic rings. The molecule has 3 N–H and O–H groups in total. The van der Waals surface area contributed by atoms with Gasteiger partial charge in [0.2, 0.25) is 6.54 Å². The molecule has 1 aromatic carbocycles. The fourth-order valence-corrected chi connectivity index (χ4v) is 2.18. The van der Waals surface area contributed by atoms with Crippen LogP contribution in [0.2, 0.25) is 0 Å². The molecule has 0 aliphatic heterocycles. The predicted molar refractivity (Wildman–Crippen MR) is 86.5 cm³/mol. The van der Waals surface area contributed by atoms with E-state index in [4.69, 9.17) is 15.2 Å². The van der Waals surface area contributed by atoms with Gasteiger partial charge in [0, 0.05) is 12.6 Å². The van der Waals surface area contributed by atoms with Crippen molar-refractivity contribution in [3.63, 3.8) is 0 Å². The zero-order chi connectivity index (χ0) is 17.5. The van der Waals surface area contributed by atoms with E-state index in [-0.39, 0.29) is 12.5 Å². The number of methoxy groups -OCH3 is 2. The largest absolute Gasteiger partial charge is 0.493 e. The summed E-state index contributed by atoms with van der Waals surface area (Å²) in [7, 11) is 3.12. The summed E-state index contributed by atoms with van der Waals surface area (Å²) >= 11 is 0. The lowest BCUT2D eigenvalue weighted by Gasteiger charge is -2.10. The molecule has 0 atom stereocenters. The summed E-state index contributed by atoms with van der Waals surface area (Å²) in [5, 5.41) is 2.81. The Kier molecular flexibility index (Phi) is 5.73. The molecule has 1 aromatic heterocycles. The van der Waals surface area contributed by atoms with Crippen molar-refractivity contribution < 1.29 is 23.6 Å². The van der Waals surface area contributed by atoms with Crippen LogP contribution in [0.15, 0.2) is 42.7 Å². The highest BCUT2D eigenvalue weighted by Gasteiger charge is 2.12. The number of amides is 2. The maximum Gasteiger partial charge on any atom is 0.286 e. The zero-order valence-corrected chi connectivity index (χ0v) is 13.6. The molecule has 2 rings (SSSR count). The number of pyridine rings is 1. The average Bonchev–Trinajstić information content (AvgIpc) is 2.59.